The Balaban J connectivity index is 2.26. The summed E-state index contributed by atoms with van der Waals surface area (Å²) in [5.41, 5.74) is 6.13. The predicted molar refractivity (Wildman–Crippen MR) is 83.1 cm³/mol. The van der Waals surface area contributed by atoms with Crippen molar-refractivity contribution in [3.8, 4) is 0 Å². The first kappa shape index (κ1) is 15.9. The Labute approximate surface area is 131 Å². The Morgan fingerprint density at radius 1 is 1.48 bits per heavy atom. The molecule has 114 valence electrons. The number of nitrogens with zero attached hydrogens (tertiary/aromatic N) is 2. The minimum Gasteiger partial charge on any atom is -0.338 e. The lowest BCUT2D eigenvalue weighted by Crippen LogP contribution is -2.54. The van der Waals surface area contributed by atoms with Gasteiger partial charge in [0.15, 0.2) is 0 Å². The van der Waals surface area contributed by atoms with Gasteiger partial charge in [0.2, 0.25) is 0 Å². The highest BCUT2D eigenvalue weighted by molar-refractivity contribution is 9.10. The summed E-state index contributed by atoms with van der Waals surface area (Å²) in [6.45, 7) is 5.18. The molecule has 1 aromatic carbocycles. The van der Waals surface area contributed by atoms with Crippen molar-refractivity contribution in [2.75, 3.05) is 13.1 Å². The lowest BCUT2D eigenvalue weighted by Gasteiger charge is -2.42. The minimum atomic E-state index is -0.502. The zero-order chi connectivity index (χ0) is 15.8. The highest BCUT2D eigenvalue weighted by atomic mass is 79.9. The molecular weight excluding hydrogens is 338 g/mol. The van der Waals surface area contributed by atoms with Gasteiger partial charge < -0.3 is 10.6 Å². The third-order valence-electron chi connectivity index (χ3n) is 3.94. The maximum Gasteiger partial charge on any atom is 0.271 e. The van der Waals surface area contributed by atoms with E-state index in [0.717, 1.165) is 6.42 Å². The molecule has 1 amide bonds. The molecule has 1 aromatic rings. The Morgan fingerprint density at radius 3 is 2.71 bits per heavy atom. The summed E-state index contributed by atoms with van der Waals surface area (Å²) < 4.78 is 0.521. The number of non-ortho nitro benzene ring substituents is 1. The SMILES string of the molecule is CC1(C)CN(C(=O)c2cc(Br)cc([N+](=O)[O-])c2)CCC1N. The maximum absolute atomic E-state index is 12.6. The molecule has 7 heteroatoms. The molecule has 21 heavy (non-hydrogen) atoms. The van der Waals surface area contributed by atoms with Gasteiger partial charge in [0.25, 0.3) is 11.6 Å². The number of amides is 1. The standard InChI is InChI=1S/C14H18BrN3O3/c1-14(2)8-17(4-3-12(14)16)13(19)9-5-10(15)7-11(6-9)18(20)21/h5-7,12H,3-4,8,16H2,1-2H3. The van der Waals surface area contributed by atoms with Crippen molar-refractivity contribution in [3.05, 3.63) is 38.3 Å². The number of hydrogen-bond donors (Lipinski definition) is 1. The highest BCUT2D eigenvalue weighted by Gasteiger charge is 2.35. The molecular formula is C14H18BrN3O3. The van der Waals surface area contributed by atoms with Gasteiger partial charge in [-0.1, -0.05) is 29.8 Å². The molecule has 1 aliphatic heterocycles. The minimum absolute atomic E-state index is 0.0541. The van der Waals surface area contributed by atoms with E-state index in [1.807, 2.05) is 13.8 Å². The Bertz CT molecular complexity index is 589. The average Bonchev–Trinajstić information content (AvgIpc) is 2.40. The van der Waals surface area contributed by atoms with Crippen LogP contribution in [0.15, 0.2) is 22.7 Å². The number of carbonyl (C=O) groups excluding carboxylic acids is 1. The second-order valence-corrected chi connectivity index (χ2v) is 6.98. The summed E-state index contributed by atoms with van der Waals surface area (Å²) in [6, 6.07) is 4.36. The van der Waals surface area contributed by atoms with Crippen LogP contribution in [-0.2, 0) is 0 Å². The lowest BCUT2D eigenvalue weighted by atomic mass is 9.79. The van der Waals surface area contributed by atoms with E-state index >= 15 is 0 Å². The summed E-state index contributed by atoms with van der Waals surface area (Å²) >= 11 is 3.21. The van der Waals surface area contributed by atoms with Crippen molar-refractivity contribution >= 4 is 27.5 Å². The monoisotopic (exact) mass is 355 g/mol. The number of piperidine rings is 1. The van der Waals surface area contributed by atoms with Crippen molar-refractivity contribution < 1.29 is 9.72 Å². The number of nitrogens with two attached hydrogens (primary N) is 1. The van der Waals surface area contributed by atoms with Crippen LogP contribution in [0.2, 0.25) is 0 Å². The molecule has 6 nitrogen and oxygen atoms in total. The molecule has 2 rings (SSSR count). The van der Waals surface area contributed by atoms with Crippen LogP contribution in [0.5, 0.6) is 0 Å². The fraction of sp³-hybridized carbons (Fsp3) is 0.500. The van der Waals surface area contributed by atoms with E-state index in [0.29, 0.717) is 23.1 Å². The van der Waals surface area contributed by atoms with Crippen LogP contribution in [0.25, 0.3) is 0 Å². The maximum atomic E-state index is 12.6. The molecule has 0 saturated carbocycles. The van der Waals surface area contributed by atoms with Gasteiger partial charge in [0, 0.05) is 41.3 Å². The van der Waals surface area contributed by atoms with Gasteiger partial charge in [0.05, 0.1) is 4.92 Å². The van der Waals surface area contributed by atoms with Crippen molar-refractivity contribution in [2.24, 2.45) is 11.1 Å². The van der Waals surface area contributed by atoms with Gasteiger partial charge in [-0.3, -0.25) is 14.9 Å². The smallest absolute Gasteiger partial charge is 0.271 e. The second-order valence-electron chi connectivity index (χ2n) is 6.07. The van der Waals surface area contributed by atoms with Crippen LogP contribution >= 0.6 is 15.9 Å². The second kappa shape index (κ2) is 5.73. The zero-order valence-electron chi connectivity index (χ0n) is 12.0. The van der Waals surface area contributed by atoms with E-state index in [1.165, 1.54) is 12.1 Å². The van der Waals surface area contributed by atoms with Crippen molar-refractivity contribution in [2.45, 2.75) is 26.3 Å². The number of nitro benzene ring substituents is 1. The van der Waals surface area contributed by atoms with Crippen LogP contribution in [0.4, 0.5) is 5.69 Å². The lowest BCUT2D eigenvalue weighted by molar-refractivity contribution is -0.385. The van der Waals surface area contributed by atoms with Crippen LogP contribution in [0.1, 0.15) is 30.6 Å². The topological polar surface area (TPSA) is 89.5 Å². The van der Waals surface area contributed by atoms with Crippen LogP contribution in [0.3, 0.4) is 0 Å². The van der Waals surface area contributed by atoms with Crippen LogP contribution in [0, 0.1) is 15.5 Å². The zero-order valence-corrected chi connectivity index (χ0v) is 13.6. The highest BCUT2D eigenvalue weighted by Crippen LogP contribution is 2.29. The number of rotatable bonds is 2. The summed E-state index contributed by atoms with van der Waals surface area (Å²) in [4.78, 5) is 24.7. The van der Waals surface area contributed by atoms with Gasteiger partial charge in [-0.25, -0.2) is 0 Å². The largest absolute Gasteiger partial charge is 0.338 e. The Morgan fingerprint density at radius 2 is 2.14 bits per heavy atom. The predicted octanol–water partition coefficient (Wildman–Crippen LogP) is 2.56. The molecule has 0 aliphatic carbocycles. The van der Waals surface area contributed by atoms with E-state index in [2.05, 4.69) is 15.9 Å². The van der Waals surface area contributed by atoms with E-state index < -0.39 is 4.92 Å². The van der Waals surface area contributed by atoms with Crippen molar-refractivity contribution in [1.29, 1.82) is 0 Å². The molecule has 0 bridgehead atoms. The molecule has 2 N–H and O–H groups in total. The van der Waals surface area contributed by atoms with Gasteiger partial charge >= 0.3 is 0 Å². The van der Waals surface area contributed by atoms with Gasteiger partial charge in [-0.2, -0.15) is 0 Å². The number of nitro groups is 1. The van der Waals surface area contributed by atoms with Crippen molar-refractivity contribution in [3.63, 3.8) is 0 Å². The van der Waals surface area contributed by atoms with Crippen molar-refractivity contribution in [1.82, 2.24) is 4.90 Å². The van der Waals surface area contributed by atoms with Crippen LogP contribution < -0.4 is 5.73 Å². The number of halogens is 1. The molecule has 0 aromatic heterocycles. The number of benzene rings is 1. The molecule has 1 saturated heterocycles. The quantitative estimate of drug-likeness (QED) is 0.651. The molecule has 1 unspecified atom stereocenters. The molecule has 1 heterocycles. The van der Waals surface area contributed by atoms with E-state index in [-0.39, 0.29) is 23.1 Å². The first-order valence-corrected chi connectivity index (χ1v) is 7.50. The fourth-order valence-corrected chi connectivity index (χ4v) is 3.01. The summed E-state index contributed by atoms with van der Waals surface area (Å²) in [5, 5.41) is 10.9. The average molecular weight is 356 g/mol. The molecule has 0 spiro atoms. The first-order valence-electron chi connectivity index (χ1n) is 6.70. The fourth-order valence-electron chi connectivity index (χ4n) is 2.53. The summed E-state index contributed by atoms with van der Waals surface area (Å²) in [6.07, 6.45) is 0.731. The van der Waals surface area contributed by atoms with Crippen LogP contribution in [-0.4, -0.2) is 34.9 Å². The molecule has 0 radical (unpaired) electrons. The summed E-state index contributed by atoms with van der Waals surface area (Å²) in [7, 11) is 0. The summed E-state index contributed by atoms with van der Waals surface area (Å²) in [5.74, 6) is -0.195. The number of carbonyl (C=O) groups is 1. The third kappa shape index (κ3) is 3.41. The Kier molecular flexibility index (Phi) is 4.34. The van der Waals surface area contributed by atoms with E-state index in [4.69, 9.17) is 5.73 Å². The molecule has 1 aliphatic rings. The van der Waals surface area contributed by atoms with Gasteiger partial charge in [-0.05, 0) is 17.9 Å². The first-order chi connectivity index (χ1) is 9.70. The van der Waals surface area contributed by atoms with E-state index in [9.17, 15) is 14.9 Å². The molecule has 1 atom stereocenters. The van der Waals surface area contributed by atoms with Gasteiger partial charge in [-0.15, -0.1) is 0 Å². The van der Waals surface area contributed by atoms with E-state index in [1.54, 1.807) is 11.0 Å². The Hall–Kier alpha value is -1.47. The number of hydrogen-bond acceptors (Lipinski definition) is 4. The molecule has 1 fully saturated rings. The third-order valence-corrected chi connectivity index (χ3v) is 4.40. The number of likely N-dealkylation sites (tertiary alicyclic amines) is 1. The van der Waals surface area contributed by atoms with Gasteiger partial charge in [0.1, 0.15) is 0 Å². The normalized spacial score (nSPS) is 21.1.